The lowest BCUT2D eigenvalue weighted by molar-refractivity contribution is -0.0307. The summed E-state index contributed by atoms with van der Waals surface area (Å²) in [5.41, 5.74) is 0.449. The fraction of sp³-hybridized carbons (Fsp3) is 0.667. The van der Waals surface area contributed by atoms with Gasteiger partial charge in [-0.25, -0.2) is 9.78 Å². The van der Waals surface area contributed by atoms with Gasteiger partial charge in [0, 0.05) is 6.20 Å². The number of carbonyl (C=O) groups excluding carboxylic acids is 1. The van der Waals surface area contributed by atoms with Gasteiger partial charge in [-0.3, -0.25) is 0 Å². The SMILES string of the molecule is CC(C)COc1ncccc1C(=O)OC1CC2CCC1CC2. The Balaban J connectivity index is 1.67. The van der Waals surface area contributed by atoms with Crippen LogP contribution in [0.5, 0.6) is 5.88 Å². The topological polar surface area (TPSA) is 48.4 Å². The predicted molar refractivity (Wildman–Crippen MR) is 83.8 cm³/mol. The van der Waals surface area contributed by atoms with Crippen LogP contribution in [0.15, 0.2) is 18.3 Å². The van der Waals surface area contributed by atoms with E-state index in [9.17, 15) is 4.79 Å². The molecule has 0 spiro atoms. The monoisotopic (exact) mass is 303 g/mol. The first kappa shape index (κ1) is 15.3. The fourth-order valence-corrected chi connectivity index (χ4v) is 3.57. The highest BCUT2D eigenvalue weighted by Gasteiger charge is 2.38. The van der Waals surface area contributed by atoms with Gasteiger partial charge < -0.3 is 9.47 Å². The molecule has 0 radical (unpaired) electrons. The van der Waals surface area contributed by atoms with Crippen LogP contribution < -0.4 is 4.74 Å². The molecule has 120 valence electrons. The summed E-state index contributed by atoms with van der Waals surface area (Å²) in [6, 6.07) is 3.50. The second kappa shape index (κ2) is 6.67. The van der Waals surface area contributed by atoms with Gasteiger partial charge in [-0.15, -0.1) is 0 Å². The Kier molecular flexibility index (Phi) is 4.65. The molecule has 1 aromatic rings. The van der Waals surface area contributed by atoms with Crippen molar-refractivity contribution in [3.63, 3.8) is 0 Å². The molecule has 0 amide bonds. The van der Waals surface area contributed by atoms with Crippen LogP contribution in [0.25, 0.3) is 0 Å². The van der Waals surface area contributed by atoms with Crippen LogP contribution in [-0.2, 0) is 4.74 Å². The van der Waals surface area contributed by atoms with Crippen molar-refractivity contribution in [2.24, 2.45) is 17.8 Å². The van der Waals surface area contributed by atoms with Crippen LogP contribution in [0.3, 0.4) is 0 Å². The summed E-state index contributed by atoms with van der Waals surface area (Å²) < 4.78 is 11.5. The van der Waals surface area contributed by atoms with Gasteiger partial charge in [0.05, 0.1) is 6.61 Å². The van der Waals surface area contributed by atoms with Crippen LogP contribution in [0.2, 0.25) is 0 Å². The number of pyridine rings is 1. The molecule has 22 heavy (non-hydrogen) atoms. The van der Waals surface area contributed by atoms with Crippen LogP contribution in [0.1, 0.15) is 56.3 Å². The van der Waals surface area contributed by atoms with E-state index in [4.69, 9.17) is 9.47 Å². The minimum atomic E-state index is -0.288. The lowest BCUT2D eigenvalue weighted by Gasteiger charge is -2.41. The molecule has 2 bridgehead atoms. The number of hydrogen-bond donors (Lipinski definition) is 0. The Morgan fingerprint density at radius 3 is 2.73 bits per heavy atom. The first-order valence-electron chi connectivity index (χ1n) is 8.42. The smallest absolute Gasteiger partial charge is 0.343 e. The lowest BCUT2D eigenvalue weighted by Crippen LogP contribution is -2.38. The van der Waals surface area contributed by atoms with Crippen molar-refractivity contribution < 1.29 is 14.3 Å². The molecule has 1 atom stereocenters. The van der Waals surface area contributed by atoms with E-state index in [-0.39, 0.29) is 12.1 Å². The van der Waals surface area contributed by atoms with E-state index >= 15 is 0 Å². The standard InChI is InChI=1S/C18H25NO3/c1-12(2)11-21-17-15(4-3-9-19-17)18(20)22-16-10-13-5-7-14(16)8-6-13/h3-4,9,12-14,16H,5-8,10-11H2,1-2H3. The van der Waals surface area contributed by atoms with Gasteiger partial charge >= 0.3 is 5.97 Å². The van der Waals surface area contributed by atoms with E-state index in [0.717, 1.165) is 12.3 Å². The fourth-order valence-electron chi connectivity index (χ4n) is 3.57. The Labute approximate surface area is 132 Å². The second-order valence-corrected chi connectivity index (χ2v) is 7.02. The summed E-state index contributed by atoms with van der Waals surface area (Å²) in [5.74, 6) is 1.78. The molecule has 1 unspecified atom stereocenters. The lowest BCUT2D eigenvalue weighted by atomic mass is 9.69. The summed E-state index contributed by atoms with van der Waals surface area (Å²) >= 11 is 0. The number of carbonyl (C=O) groups is 1. The average Bonchev–Trinajstić information content (AvgIpc) is 2.54. The molecular weight excluding hydrogens is 278 g/mol. The quantitative estimate of drug-likeness (QED) is 0.775. The number of esters is 1. The number of ether oxygens (including phenoxy) is 2. The molecule has 1 heterocycles. The van der Waals surface area contributed by atoms with Gasteiger partial charge in [-0.2, -0.15) is 0 Å². The van der Waals surface area contributed by atoms with Crippen LogP contribution >= 0.6 is 0 Å². The number of fused-ring (bicyclic) bond motifs is 3. The minimum Gasteiger partial charge on any atom is -0.477 e. The first-order chi connectivity index (χ1) is 10.6. The van der Waals surface area contributed by atoms with Gasteiger partial charge in [0.25, 0.3) is 0 Å². The van der Waals surface area contributed by atoms with Crippen molar-refractivity contribution in [3.8, 4) is 5.88 Å². The Bertz CT molecular complexity index is 521. The molecule has 0 N–H and O–H groups in total. The highest BCUT2D eigenvalue weighted by Crippen LogP contribution is 2.43. The number of rotatable bonds is 5. The molecular formula is C18H25NO3. The Hall–Kier alpha value is -1.58. The van der Waals surface area contributed by atoms with Crippen molar-refractivity contribution >= 4 is 5.97 Å². The Morgan fingerprint density at radius 2 is 2.09 bits per heavy atom. The molecule has 1 aromatic heterocycles. The van der Waals surface area contributed by atoms with Gasteiger partial charge in [0.15, 0.2) is 0 Å². The molecule has 0 saturated heterocycles. The molecule has 4 nitrogen and oxygen atoms in total. The molecule has 0 aliphatic heterocycles. The van der Waals surface area contributed by atoms with E-state index in [2.05, 4.69) is 18.8 Å². The summed E-state index contributed by atoms with van der Waals surface area (Å²) in [6.07, 6.45) is 7.76. The van der Waals surface area contributed by atoms with Crippen molar-refractivity contribution in [1.29, 1.82) is 0 Å². The van der Waals surface area contributed by atoms with Gasteiger partial charge in [-0.05, 0) is 62.0 Å². The number of hydrogen-bond acceptors (Lipinski definition) is 4. The molecule has 3 aliphatic carbocycles. The molecule has 0 aromatic carbocycles. The van der Waals surface area contributed by atoms with E-state index < -0.39 is 0 Å². The summed E-state index contributed by atoms with van der Waals surface area (Å²) in [5, 5.41) is 0. The number of aromatic nitrogens is 1. The molecule has 3 aliphatic rings. The molecule has 3 saturated carbocycles. The van der Waals surface area contributed by atoms with Crippen molar-refractivity contribution in [2.75, 3.05) is 6.61 Å². The number of nitrogens with zero attached hydrogens (tertiary/aromatic N) is 1. The normalized spacial score (nSPS) is 27.0. The first-order valence-corrected chi connectivity index (χ1v) is 8.42. The van der Waals surface area contributed by atoms with Crippen molar-refractivity contribution in [1.82, 2.24) is 4.98 Å². The third-order valence-corrected chi connectivity index (χ3v) is 4.79. The summed E-state index contributed by atoms with van der Waals surface area (Å²) in [4.78, 5) is 16.7. The Morgan fingerprint density at radius 1 is 1.32 bits per heavy atom. The van der Waals surface area contributed by atoms with Crippen LogP contribution in [0.4, 0.5) is 0 Å². The van der Waals surface area contributed by atoms with E-state index in [1.165, 1.54) is 25.7 Å². The maximum atomic E-state index is 12.5. The molecule has 3 fully saturated rings. The zero-order valence-corrected chi connectivity index (χ0v) is 13.5. The van der Waals surface area contributed by atoms with Gasteiger partial charge in [0.1, 0.15) is 11.7 Å². The highest BCUT2D eigenvalue weighted by molar-refractivity contribution is 5.91. The third-order valence-electron chi connectivity index (χ3n) is 4.79. The molecule has 4 heteroatoms. The van der Waals surface area contributed by atoms with E-state index in [0.29, 0.717) is 29.9 Å². The molecule has 4 rings (SSSR count). The maximum Gasteiger partial charge on any atom is 0.343 e. The van der Waals surface area contributed by atoms with Gasteiger partial charge in [-0.1, -0.05) is 13.8 Å². The summed E-state index contributed by atoms with van der Waals surface area (Å²) in [6.45, 7) is 4.69. The van der Waals surface area contributed by atoms with Crippen LogP contribution in [-0.4, -0.2) is 23.7 Å². The van der Waals surface area contributed by atoms with E-state index in [1.54, 1.807) is 18.3 Å². The zero-order chi connectivity index (χ0) is 15.5. The van der Waals surface area contributed by atoms with Gasteiger partial charge in [0.2, 0.25) is 5.88 Å². The second-order valence-electron chi connectivity index (χ2n) is 7.02. The van der Waals surface area contributed by atoms with Crippen molar-refractivity contribution in [2.45, 2.75) is 52.1 Å². The minimum absolute atomic E-state index is 0.0816. The summed E-state index contributed by atoms with van der Waals surface area (Å²) in [7, 11) is 0. The maximum absolute atomic E-state index is 12.5. The van der Waals surface area contributed by atoms with Crippen molar-refractivity contribution in [3.05, 3.63) is 23.9 Å². The van der Waals surface area contributed by atoms with Crippen LogP contribution in [0, 0.1) is 17.8 Å². The average molecular weight is 303 g/mol. The zero-order valence-electron chi connectivity index (χ0n) is 13.5. The highest BCUT2D eigenvalue weighted by atomic mass is 16.5. The largest absolute Gasteiger partial charge is 0.477 e. The predicted octanol–water partition coefficient (Wildman–Crippen LogP) is 3.85. The third kappa shape index (κ3) is 3.42. The van der Waals surface area contributed by atoms with E-state index in [1.807, 2.05) is 0 Å².